The van der Waals surface area contributed by atoms with Crippen LogP contribution < -0.4 is 0 Å². The van der Waals surface area contributed by atoms with Crippen molar-refractivity contribution in [2.75, 3.05) is 0 Å². The fourth-order valence-corrected chi connectivity index (χ4v) is 1.66. The molecule has 0 bridgehead atoms. The topological polar surface area (TPSA) is 0 Å². The summed E-state index contributed by atoms with van der Waals surface area (Å²) in [6.07, 6.45) is 0. The summed E-state index contributed by atoms with van der Waals surface area (Å²) in [5.74, 6) is -7.96. The van der Waals surface area contributed by atoms with Gasteiger partial charge in [0.15, 0.2) is 0 Å². The predicted molar refractivity (Wildman–Crippen MR) is 39.9 cm³/mol. The molecule has 0 radical (unpaired) electrons. The zero-order valence-corrected chi connectivity index (χ0v) is 8.01. The number of allylic oxidation sites excluding steroid dienone is 2. The van der Waals surface area contributed by atoms with Crippen LogP contribution in [0.5, 0.6) is 0 Å². The normalized spacial score (nSPS) is 28.2. The molecular weight excluding hydrogens is 331 g/mol. The minimum atomic E-state index is -4.00. The molecule has 0 fully saturated rings. The van der Waals surface area contributed by atoms with Crippen molar-refractivity contribution in [1.29, 1.82) is 0 Å². The van der Waals surface area contributed by atoms with Gasteiger partial charge in [-0.3, -0.25) is 0 Å². The first kappa shape index (κ1) is 8.76. The van der Waals surface area contributed by atoms with Gasteiger partial charge in [-0.15, -0.1) is 0 Å². The first-order valence-electron chi connectivity index (χ1n) is 2.13. The molecule has 6 heteroatoms. The fraction of sp³-hybridized carbons (Fsp3) is 0.500. The smallest absolute Gasteiger partial charge is 0.193 e. The third kappa shape index (κ3) is 0.774. The van der Waals surface area contributed by atoms with Crippen molar-refractivity contribution in [2.24, 2.45) is 0 Å². The van der Waals surface area contributed by atoms with Gasteiger partial charge in [-0.2, -0.15) is 17.6 Å². The van der Waals surface area contributed by atoms with E-state index in [4.69, 9.17) is 0 Å². The highest BCUT2D eigenvalue weighted by Gasteiger charge is 2.70. The third-order valence-corrected chi connectivity index (χ3v) is 3.99. The molecule has 0 unspecified atom stereocenters. The Kier molecular flexibility index (Phi) is 1.83. The van der Waals surface area contributed by atoms with Gasteiger partial charge in [0.1, 0.15) is 0 Å². The van der Waals surface area contributed by atoms with Gasteiger partial charge in [-0.1, -0.05) is 0 Å². The van der Waals surface area contributed by atoms with Crippen molar-refractivity contribution in [3.8, 4) is 0 Å². The molecule has 58 valence electrons. The van der Waals surface area contributed by atoms with Gasteiger partial charge in [-0.05, 0) is 38.5 Å². The van der Waals surface area contributed by atoms with Crippen LogP contribution in [0, 0.1) is 0 Å². The molecule has 1 aliphatic rings. The molecule has 0 aromatic rings. The van der Waals surface area contributed by atoms with Gasteiger partial charge in [0.2, 0.25) is 0 Å². The highest BCUT2D eigenvalue weighted by Crippen LogP contribution is 2.59. The van der Waals surface area contributed by atoms with Gasteiger partial charge in [0, 0.05) is 0 Å². The highest BCUT2D eigenvalue weighted by atomic mass is 127. The largest absolute Gasteiger partial charge is 0.347 e. The molecule has 0 saturated carbocycles. The van der Waals surface area contributed by atoms with E-state index in [1.165, 1.54) is 22.6 Å². The van der Waals surface area contributed by atoms with Gasteiger partial charge < -0.3 is 0 Å². The summed E-state index contributed by atoms with van der Waals surface area (Å²) < 4.78 is 47.1. The Balaban J connectivity index is 3.10. The summed E-state index contributed by atoms with van der Waals surface area (Å²) in [5.41, 5.74) is 0. The van der Waals surface area contributed by atoms with Crippen LogP contribution >= 0.6 is 38.5 Å². The van der Waals surface area contributed by atoms with Crippen LogP contribution in [-0.4, -0.2) is 11.8 Å². The highest BCUT2D eigenvalue weighted by molar-refractivity contribution is 14.1. The predicted octanol–water partition coefficient (Wildman–Crippen LogP) is 3.31. The first-order valence-corrected chi connectivity index (χ1v) is 4.01. The van der Waals surface area contributed by atoms with Gasteiger partial charge in [0.05, 0.1) is 8.06 Å². The van der Waals surface area contributed by atoms with E-state index in [1.807, 2.05) is 0 Å². The van der Waals surface area contributed by atoms with Crippen molar-refractivity contribution in [3.05, 3.63) is 8.06 Å². The Hall–Kier alpha value is 0.670. The number of rotatable bonds is 0. The van der Waals surface area contributed by atoms with Crippen LogP contribution in [0.15, 0.2) is 8.06 Å². The van der Waals surface area contributed by atoms with E-state index >= 15 is 0 Å². The third-order valence-electron chi connectivity index (χ3n) is 1.14. The zero-order valence-electron chi connectivity index (χ0n) is 4.27. The lowest BCUT2D eigenvalue weighted by atomic mass is 10.0. The molecule has 1 aliphatic carbocycles. The van der Waals surface area contributed by atoms with Gasteiger partial charge in [-0.25, -0.2) is 0 Å². The molecule has 0 heterocycles. The van der Waals surface area contributed by atoms with Crippen molar-refractivity contribution in [1.82, 2.24) is 0 Å². The first-order chi connectivity index (χ1) is 4.32. The molecule has 0 aliphatic heterocycles. The van der Waals surface area contributed by atoms with E-state index in [1.54, 1.807) is 0 Å². The number of hydrogen-bond donors (Lipinski definition) is 0. The maximum atomic E-state index is 12.1. The van der Waals surface area contributed by atoms with Crippen molar-refractivity contribution >= 4 is 38.5 Å². The Bertz CT molecular complexity index is 187. The van der Waals surface area contributed by atoms with Gasteiger partial charge in [0.25, 0.3) is 0 Å². The van der Waals surface area contributed by atoms with E-state index in [0.717, 1.165) is 0 Å². The van der Waals surface area contributed by atoms with Crippen LogP contribution in [0.4, 0.5) is 17.6 Å². The van der Waals surface area contributed by atoms with Crippen LogP contribution in [0.2, 0.25) is 0 Å². The second kappa shape index (κ2) is 2.09. The Labute approximate surface area is 75.9 Å². The quantitative estimate of drug-likeness (QED) is 0.472. The molecule has 10 heavy (non-hydrogen) atoms. The number of hydrogen-bond acceptors (Lipinski definition) is 0. The SMILES string of the molecule is FC1(F)C(Br)=C(I)C1(F)F. The van der Waals surface area contributed by atoms with Crippen LogP contribution in [-0.2, 0) is 0 Å². The summed E-state index contributed by atoms with van der Waals surface area (Å²) >= 11 is 3.55. The molecule has 0 saturated heterocycles. The fourth-order valence-electron chi connectivity index (χ4n) is 0.489. The lowest BCUT2D eigenvalue weighted by Crippen LogP contribution is -2.50. The molecule has 0 nitrogen and oxygen atoms in total. The average Bonchev–Trinajstić information content (AvgIpc) is 1.84. The van der Waals surface area contributed by atoms with Crippen molar-refractivity contribution < 1.29 is 17.6 Å². The van der Waals surface area contributed by atoms with E-state index in [2.05, 4.69) is 15.9 Å². The maximum absolute atomic E-state index is 12.1. The standard InChI is InChI=1S/C4BrF4I/c5-1-2(10)4(8,9)3(1,6)7. The minimum Gasteiger partial charge on any atom is -0.193 e. The van der Waals surface area contributed by atoms with E-state index in [-0.39, 0.29) is 0 Å². The second-order valence-corrected chi connectivity index (χ2v) is 3.65. The summed E-state index contributed by atoms with van der Waals surface area (Å²) in [6, 6.07) is 0. The van der Waals surface area contributed by atoms with Crippen LogP contribution in [0.25, 0.3) is 0 Å². The van der Waals surface area contributed by atoms with E-state index in [9.17, 15) is 17.6 Å². The van der Waals surface area contributed by atoms with E-state index in [0.29, 0.717) is 0 Å². The van der Waals surface area contributed by atoms with Crippen LogP contribution in [0.1, 0.15) is 0 Å². The molecule has 0 aromatic carbocycles. The summed E-state index contributed by atoms with van der Waals surface area (Å²) in [7, 11) is 0. The summed E-state index contributed by atoms with van der Waals surface area (Å²) in [6.45, 7) is 0. The molecule has 0 N–H and O–H groups in total. The lowest BCUT2D eigenvalue weighted by Gasteiger charge is -2.35. The molecule has 0 aromatic heterocycles. The monoisotopic (exact) mass is 330 g/mol. The molecular formula is C4BrF4I. The Morgan fingerprint density at radius 1 is 1.10 bits per heavy atom. The van der Waals surface area contributed by atoms with Crippen molar-refractivity contribution in [3.63, 3.8) is 0 Å². The summed E-state index contributed by atoms with van der Waals surface area (Å²) in [4.78, 5) is 0. The zero-order chi connectivity index (χ0) is 8.15. The van der Waals surface area contributed by atoms with Crippen LogP contribution in [0.3, 0.4) is 0 Å². The second-order valence-electron chi connectivity index (χ2n) is 1.78. The number of alkyl halides is 4. The summed E-state index contributed by atoms with van der Waals surface area (Å²) in [5, 5.41) is 0. The Morgan fingerprint density at radius 3 is 1.60 bits per heavy atom. The molecule has 0 atom stereocenters. The number of halogens is 6. The molecule has 0 spiro atoms. The Morgan fingerprint density at radius 2 is 1.50 bits per heavy atom. The maximum Gasteiger partial charge on any atom is 0.347 e. The molecule has 1 rings (SSSR count). The molecule has 0 amide bonds. The van der Waals surface area contributed by atoms with Gasteiger partial charge >= 0.3 is 11.8 Å². The minimum absolute atomic E-state index is 0.616. The lowest BCUT2D eigenvalue weighted by molar-refractivity contribution is -0.173. The van der Waals surface area contributed by atoms with E-state index < -0.39 is 19.9 Å². The van der Waals surface area contributed by atoms with Crippen molar-refractivity contribution in [2.45, 2.75) is 11.8 Å². The average molecular weight is 331 g/mol.